The summed E-state index contributed by atoms with van der Waals surface area (Å²) >= 11 is 0. The molecule has 2 atom stereocenters. The van der Waals surface area contributed by atoms with E-state index in [4.69, 9.17) is 5.26 Å². The first kappa shape index (κ1) is 16.4. The molecule has 7 nitrogen and oxygen atoms in total. The van der Waals surface area contributed by atoms with Gasteiger partial charge < -0.3 is 10.1 Å². The van der Waals surface area contributed by atoms with Crippen LogP contribution in [0.1, 0.15) is 25.0 Å². The highest BCUT2D eigenvalue weighted by molar-refractivity contribution is 6.09. The van der Waals surface area contributed by atoms with Gasteiger partial charge in [-0.2, -0.15) is 5.26 Å². The molecule has 0 radical (unpaired) electrons. The summed E-state index contributed by atoms with van der Waals surface area (Å²) in [5, 5.41) is 11.2. The lowest BCUT2D eigenvalue weighted by Gasteiger charge is -2.22. The van der Waals surface area contributed by atoms with Crippen molar-refractivity contribution in [2.45, 2.75) is 25.7 Å². The molecule has 23 heavy (non-hydrogen) atoms. The SMILES string of the molecule is CCOC(=O)[C@H](F)N1C(=O)N[C@](C)(c2ccc(C#N)cc2)C1=O. The maximum absolute atomic E-state index is 14.1. The van der Waals surface area contributed by atoms with E-state index in [1.54, 1.807) is 0 Å². The third kappa shape index (κ3) is 2.73. The zero-order valence-corrected chi connectivity index (χ0v) is 12.5. The lowest BCUT2D eigenvalue weighted by molar-refractivity contribution is -0.159. The second kappa shape index (κ2) is 6.04. The summed E-state index contributed by atoms with van der Waals surface area (Å²) in [6.45, 7) is 2.81. The van der Waals surface area contributed by atoms with Gasteiger partial charge in [0, 0.05) is 0 Å². The van der Waals surface area contributed by atoms with Gasteiger partial charge in [-0.25, -0.2) is 18.9 Å². The average molecular weight is 319 g/mol. The lowest BCUT2D eigenvalue weighted by Crippen LogP contribution is -2.45. The smallest absolute Gasteiger partial charge is 0.362 e. The van der Waals surface area contributed by atoms with Crippen molar-refractivity contribution in [3.05, 3.63) is 35.4 Å². The largest absolute Gasteiger partial charge is 0.462 e. The Morgan fingerprint density at radius 2 is 2.04 bits per heavy atom. The van der Waals surface area contributed by atoms with Crippen LogP contribution in [-0.4, -0.2) is 35.7 Å². The first-order valence-electron chi connectivity index (χ1n) is 6.82. The molecule has 1 heterocycles. The fourth-order valence-electron chi connectivity index (χ4n) is 2.26. The number of hydrogen-bond donors (Lipinski definition) is 1. The second-order valence-electron chi connectivity index (χ2n) is 5.01. The summed E-state index contributed by atoms with van der Waals surface area (Å²) in [6, 6.07) is 6.82. The Balaban J connectivity index is 2.32. The van der Waals surface area contributed by atoms with E-state index in [-0.39, 0.29) is 11.5 Å². The maximum atomic E-state index is 14.1. The number of hydrogen-bond acceptors (Lipinski definition) is 5. The monoisotopic (exact) mass is 319 g/mol. The van der Waals surface area contributed by atoms with Gasteiger partial charge in [-0.1, -0.05) is 12.1 Å². The predicted molar refractivity (Wildman–Crippen MR) is 75.4 cm³/mol. The van der Waals surface area contributed by atoms with Gasteiger partial charge in [0.05, 0.1) is 18.2 Å². The number of ether oxygens (including phenoxy) is 1. The summed E-state index contributed by atoms with van der Waals surface area (Å²) in [4.78, 5) is 36.1. The number of nitriles is 1. The molecule has 1 aromatic carbocycles. The van der Waals surface area contributed by atoms with Crippen LogP contribution in [0.5, 0.6) is 0 Å². The molecule has 120 valence electrons. The van der Waals surface area contributed by atoms with E-state index in [9.17, 15) is 18.8 Å². The molecule has 0 saturated carbocycles. The van der Waals surface area contributed by atoms with E-state index in [0.717, 1.165) is 0 Å². The first-order valence-corrected chi connectivity index (χ1v) is 6.82. The number of amides is 3. The minimum Gasteiger partial charge on any atom is -0.462 e. The minimum absolute atomic E-state index is 0.0736. The van der Waals surface area contributed by atoms with Gasteiger partial charge in [-0.15, -0.1) is 0 Å². The van der Waals surface area contributed by atoms with Gasteiger partial charge in [0.25, 0.3) is 12.2 Å². The first-order chi connectivity index (χ1) is 10.8. The maximum Gasteiger partial charge on any atom is 0.362 e. The molecular weight excluding hydrogens is 305 g/mol. The summed E-state index contributed by atoms with van der Waals surface area (Å²) in [5.41, 5.74) is -0.781. The number of imide groups is 1. The quantitative estimate of drug-likeness (QED) is 0.510. The molecule has 1 saturated heterocycles. The van der Waals surface area contributed by atoms with Gasteiger partial charge in [0.1, 0.15) is 5.54 Å². The third-order valence-corrected chi connectivity index (χ3v) is 3.52. The summed E-state index contributed by atoms with van der Waals surface area (Å²) in [7, 11) is 0. The number of urea groups is 1. The van der Waals surface area contributed by atoms with Crippen molar-refractivity contribution in [2.75, 3.05) is 6.61 Å². The molecule has 1 aliphatic heterocycles. The van der Waals surface area contributed by atoms with Crippen molar-refractivity contribution in [1.29, 1.82) is 5.26 Å². The lowest BCUT2D eigenvalue weighted by atomic mass is 9.91. The van der Waals surface area contributed by atoms with Crippen LogP contribution in [0.25, 0.3) is 0 Å². The molecule has 8 heteroatoms. The summed E-state index contributed by atoms with van der Waals surface area (Å²) in [6.07, 6.45) is -2.51. The van der Waals surface area contributed by atoms with E-state index in [2.05, 4.69) is 10.1 Å². The van der Waals surface area contributed by atoms with E-state index >= 15 is 0 Å². The molecule has 3 amide bonds. The summed E-state index contributed by atoms with van der Waals surface area (Å²) < 4.78 is 18.6. The van der Waals surface area contributed by atoms with Crippen LogP contribution in [0.2, 0.25) is 0 Å². The zero-order chi connectivity index (χ0) is 17.2. The number of nitrogens with one attached hydrogen (secondary N) is 1. The third-order valence-electron chi connectivity index (χ3n) is 3.52. The molecule has 0 spiro atoms. The number of nitrogens with zero attached hydrogens (tertiary/aromatic N) is 2. The number of carbonyl (C=O) groups is 3. The van der Waals surface area contributed by atoms with Crippen molar-refractivity contribution in [3.8, 4) is 6.07 Å². The Bertz CT molecular complexity index is 698. The molecular formula is C15H14FN3O4. The Kier molecular flexibility index (Phi) is 4.31. The molecule has 1 fully saturated rings. The molecule has 1 N–H and O–H groups in total. The van der Waals surface area contributed by atoms with Crippen LogP contribution >= 0.6 is 0 Å². The predicted octanol–water partition coefficient (Wildman–Crippen LogP) is 1.18. The van der Waals surface area contributed by atoms with E-state index in [1.807, 2.05) is 6.07 Å². The fourth-order valence-corrected chi connectivity index (χ4v) is 2.26. The highest BCUT2D eigenvalue weighted by Crippen LogP contribution is 2.30. The minimum atomic E-state index is -2.51. The van der Waals surface area contributed by atoms with E-state index in [1.165, 1.54) is 38.1 Å². The molecule has 0 aliphatic carbocycles. The Hall–Kier alpha value is -2.95. The number of alkyl halides is 1. The summed E-state index contributed by atoms with van der Waals surface area (Å²) in [5.74, 6) is -2.21. The highest BCUT2D eigenvalue weighted by Gasteiger charge is 2.53. The number of benzene rings is 1. The molecule has 0 bridgehead atoms. The van der Waals surface area contributed by atoms with Crippen LogP contribution in [0.4, 0.5) is 9.18 Å². The van der Waals surface area contributed by atoms with E-state index in [0.29, 0.717) is 11.1 Å². The standard InChI is InChI=1S/C15H14FN3O4/c1-3-23-12(20)11(16)19-13(21)15(2,18-14(19)22)10-6-4-9(8-17)5-7-10/h4-7,11H,3H2,1-2H3,(H,18,22)/t11-,15-/m1/s1. The molecule has 1 aromatic rings. The van der Waals surface area contributed by atoms with Crippen LogP contribution in [0.15, 0.2) is 24.3 Å². The number of halogens is 1. The number of rotatable bonds is 4. The van der Waals surface area contributed by atoms with Gasteiger partial charge in [0.15, 0.2) is 0 Å². The molecule has 0 unspecified atom stereocenters. The topological polar surface area (TPSA) is 99.5 Å². The molecule has 1 aliphatic rings. The van der Waals surface area contributed by atoms with Crippen molar-refractivity contribution >= 4 is 17.9 Å². The van der Waals surface area contributed by atoms with Gasteiger partial charge in [-0.3, -0.25) is 4.79 Å². The second-order valence-corrected chi connectivity index (χ2v) is 5.01. The van der Waals surface area contributed by atoms with E-state index < -0.39 is 29.7 Å². The van der Waals surface area contributed by atoms with Gasteiger partial charge in [0.2, 0.25) is 0 Å². The van der Waals surface area contributed by atoms with Crippen LogP contribution in [0.3, 0.4) is 0 Å². The highest BCUT2D eigenvalue weighted by atomic mass is 19.1. The number of carbonyl (C=O) groups excluding carboxylic acids is 3. The Morgan fingerprint density at radius 3 is 2.57 bits per heavy atom. The van der Waals surface area contributed by atoms with Crippen molar-refractivity contribution in [1.82, 2.24) is 10.2 Å². The van der Waals surface area contributed by atoms with Gasteiger partial charge >= 0.3 is 12.0 Å². The molecule has 2 rings (SSSR count). The normalized spacial score (nSPS) is 21.6. The van der Waals surface area contributed by atoms with Crippen LogP contribution in [-0.2, 0) is 19.9 Å². The Morgan fingerprint density at radius 1 is 1.43 bits per heavy atom. The van der Waals surface area contributed by atoms with Crippen LogP contribution < -0.4 is 5.32 Å². The average Bonchev–Trinajstić information content (AvgIpc) is 2.77. The number of esters is 1. The van der Waals surface area contributed by atoms with Crippen molar-refractivity contribution in [2.24, 2.45) is 0 Å². The zero-order valence-electron chi connectivity index (χ0n) is 12.5. The molecule has 0 aromatic heterocycles. The van der Waals surface area contributed by atoms with Crippen molar-refractivity contribution in [3.63, 3.8) is 0 Å². The van der Waals surface area contributed by atoms with Gasteiger partial charge in [-0.05, 0) is 31.5 Å². The van der Waals surface area contributed by atoms with Crippen LogP contribution in [0, 0.1) is 11.3 Å². The Labute approximate surface area is 131 Å². The fraction of sp³-hybridized carbons (Fsp3) is 0.333. The van der Waals surface area contributed by atoms with Crippen molar-refractivity contribution < 1.29 is 23.5 Å².